The molecular weight excluding hydrogens is 364 g/mol. The summed E-state index contributed by atoms with van der Waals surface area (Å²) in [6.45, 7) is 5.57. The summed E-state index contributed by atoms with van der Waals surface area (Å²) in [5, 5.41) is 13.7. The summed E-state index contributed by atoms with van der Waals surface area (Å²) in [5.74, 6) is -1.53. The van der Waals surface area contributed by atoms with Gasteiger partial charge in [-0.25, -0.2) is 17.5 Å². The quantitative estimate of drug-likeness (QED) is 0.666. The van der Waals surface area contributed by atoms with Gasteiger partial charge in [0.15, 0.2) is 11.8 Å². The number of carbonyl (C=O) groups is 2. The van der Waals surface area contributed by atoms with Crippen molar-refractivity contribution in [3.05, 3.63) is 0 Å². The van der Waals surface area contributed by atoms with Crippen LogP contribution in [0.4, 0.5) is 0 Å². The van der Waals surface area contributed by atoms with Crippen LogP contribution >= 0.6 is 0 Å². The molecule has 0 radical (unpaired) electrons. The lowest BCUT2D eigenvalue weighted by Gasteiger charge is -2.56. The third kappa shape index (κ3) is 1.74. The third-order valence-electron chi connectivity index (χ3n) is 6.80. The second kappa shape index (κ2) is 5.19. The molecule has 0 unspecified atom stereocenters. The molecule has 1 saturated heterocycles. The number of nitrogens with zero attached hydrogens (tertiary/aromatic N) is 2. The molecule has 9 nitrogen and oxygen atoms in total. The molecule has 144 valence electrons. The number of esters is 1. The highest BCUT2D eigenvalue weighted by molar-refractivity contribution is 7.92. The summed E-state index contributed by atoms with van der Waals surface area (Å²) >= 11 is 0. The molecule has 10 heteroatoms. The number of aliphatic hydroxyl groups is 1. The van der Waals surface area contributed by atoms with E-state index in [1.807, 2.05) is 13.8 Å². The number of aliphatic hydroxyl groups excluding tert-OH is 1. The second-order valence-corrected chi connectivity index (χ2v) is 9.98. The molecule has 4 rings (SSSR count). The van der Waals surface area contributed by atoms with Gasteiger partial charge in [-0.1, -0.05) is 19.0 Å². The summed E-state index contributed by atoms with van der Waals surface area (Å²) in [7, 11) is -3.86. The Balaban J connectivity index is 1.58. The Morgan fingerprint density at radius 3 is 2.73 bits per heavy atom. The fourth-order valence-corrected chi connectivity index (χ4v) is 8.29. The summed E-state index contributed by atoms with van der Waals surface area (Å²) < 4.78 is 30.9. The Labute approximate surface area is 151 Å². The number of ether oxygens (including phenoxy) is 1. The standard InChI is InChI=1S/C16H22N2O7S/c1-4-24-14(21)10-11(19)12(25-17-10)13(20)18-9-7-8-5-6-16(9,15(8,2)3)26(18,22)23/h8-9,11-12,19H,4-7H2,1-3H3/t8-,9-,11-,12-,16-/m1/s1. The number of fused-ring (bicyclic) bond motifs is 1. The van der Waals surface area contributed by atoms with Crippen LogP contribution in [0.1, 0.15) is 40.0 Å². The zero-order valence-electron chi connectivity index (χ0n) is 14.8. The van der Waals surface area contributed by atoms with Crippen LogP contribution in [0.3, 0.4) is 0 Å². The second-order valence-electron chi connectivity index (χ2n) is 7.91. The van der Waals surface area contributed by atoms with E-state index in [1.165, 1.54) is 0 Å². The third-order valence-corrected chi connectivity index (χ3v) is 9.68. The number of sulfonamides is 1. The van der Waals surface area contributed by atoms with E-state index >= 15 is 0 Å². The molecule has 4 aliphatic rings. The van der Waals surface area contributed by atoms with Crippen molar-refractivity contribution in [3.8, 4) is 0 Å². The molecule has 0 aromatic carbocycles. The molecule has 1 N–H and O–H groups in total. The zero-order chi connectivity index (χ0) is 19.1. The lowest BCUT2D eigenvalue weighted by molar-refractivity contribution is -0.145. The Bertz CT molecular complexity index is 820. The molecule has 2 heterocycles. The molecule has 2 bridgehead atoms. The van der Waals surface area contributed by atoms with Crippen molar-refractivity contribution >= 4 is 27.6 Å². The zero-order valence-corrected chi connectivity index (χ0v) is 15.7. The van der Waals surface area contributed by atoms with Gasteiger partial charge in [-0.05, 0) is 37.5 Å². The van der Waals surface area contributed by atoms with Crippen LogP contribution in [0.2, 0.25) is 0 Å². The van der Waals surface area contributed by atoms with Gasteiger partial charge in [0.1, 0.15) is 4.75 Å². The van der Waals surface area contributed by atoms with Gasteiger partial charge in [-0.3, -0.25) is 4.79 Å². The molecular formula is C16H22N2O7S. The predicted molar refractivity (Wildman–Crippen MR) is 88.4 cm³/mol. The smallest absolute Gasteiger partial charge is 0.359 e. The van der Waals surface area contributed by atoms with Gasteiger partial charge in [0.25, 0.3) is 5.91 Å². The topological polar surface area (TPSA) is 123 Å². The molecule has 2 aliphatic heterocycles. The number of rotatable bonds is 3. The highest BCUT2D eigenvalue weighted by atomic mass is 32.2. The fraction of sp³-hybridized carbons (Fsp3) is 0.812. The van der Waals surface area contributed by atoms with Crippen molar-refractivity contribution in [2.75, 3.05) is 6.61 Å². The van der Waals surface area contributed by atoms with Crippen molar-refractivity contribution in [2.45, 2.75) is 63.0 Å². The number of amides is 1. The average molecular weight is 386 g/mol. The van der Waals surface area contributed by atoms with E-state index in [0.29, 0.717) is 12.8 Å². The first kappa shape index (κ1) is 17.7. The van der Waals surface area contributed by atoms with Gasteiger partial charge >= 0.3 is 5.97 Å². The number of hydrogen-bond acceptors (Lipinski definition) is 8. The Morgan fingerprint density at radius 2 is 2.12 bits per heavy atom. The Hall–Kier alpha value is -1.68. The van der Waals surface area contributed by atoms with E-state index < -0.39 is 56.0 Å². The van der Waals surface area contributed by atoms with E-state index in [9.17, 15) is 23.1 Å². The molecule has 5 atom stereocenters. The number of hydrogen-bond donors (Lipinski definition) is 1. The lowest BCUT2D eigenvalue weighted by atomic mass is 9.80. The van der Waals surface area contributed by atoms with Crippen LogP contribution in [0.25, 0.3) is 0 Å². The van der Waals surface area contributed by atoms with E-state index in [1.54, 1.807) is 6.92 Å². The van der Waals surface area contributed by atoms with Crippen molar-refractivity contribution in [1.82, 2.24) is 4.31 Å². The normalized spacial score (nSPS) is 41.1. The van der Waals surface area contributed by atoms with Gasteiger partial charge in [-0.2, -0.15) is 0 Å². The molecule has 26 heavy (non-hydrogen) atoms. The molecule has 1 spiro atoms. The van der Waals surface area contributed by atoms with Gasteiger partial charge in [-0.15, -0.1) is 0 Å². The molecule has 0 aromatic heterocycles. The first-order valence-corrected chi connectivity index (χ1v) is 10.2. The molecule has 1 amide bonds. The maximum Gasteiger partial charge on any atom is 0.359 e. The maximum absolute atomic E-state index is 13.1. The molecule has 0 aromatic rings. The van der Waals surface area contributed by atoms with Crippen molar-refractivity contribution in [1.29, 1.82) is 0 Å². The van der Waals surface area contributed by atoms with Gasteiger partial charge in [0.2, 0.25) is 16.1 Å². The largest absolute Gasteiger partial charge is 0.461 e. The van der Waals surface area contributed by atoms with Crippen LogP contribution in [-0.2, 0) is 29.2 Å². The van der Waals surface area contributed by atoms with Gasteiger partial charge < -0.3 is 14.7 Å². The molecule has 3 fully saturated rings. The van der Waals surface area contributed by atoms with E-state index in [2.05, 4.69) is 5.16 Å². The Morgan fingerprint density at radius 1 is 1.42 bits per heavy atom. The van der Waals surface area contributed by atoms with Crippen molar-refractivity contribution < 1.29 is 32.7 Å². The minimum Gasteiger partial charge on any atom is -0.461 e. The van der Waals surface area contributed by atoms with Crippen molar-refractivity contribution in [3.63, 3.8) is 0 Å². The molecule has 2 aliphatic carbocycles. The van der Waals surface area contributed by atoms with Gasteiger partial charge in [0, 0.05) is 0 Å². The SMILES string of the molecule is CCOC(=O)C1=NO[C@@H](C(=O)N2[C@@H]3C[C@H]4CC[C@@]3(C4(C)C)S2(=O)=O)[C@@H]1O. The monoisotopic (exact) mass is 386 g/mol. The summed E-state index contributed by atoms with van der Waals surface area (Å²) in [6, 6.07) is -0.420. The maximum atomic E-state index is 13.1. The predicted octanol–water partition coefficient (Wildman–Crippen LogP) is -0.215. The Kier molecular flexibility index (Phi) is 3.54. The van der Waals surface area contributed by atoms with Crippen LogP contribution in [0.15, 0.2) is 5.16 Å². The highest BCUT2D eigenvalue weighted by Crippen LogP contribution is 2.70. The summed E-state index contributed by atoms with van der Waals surface area (Å²) in [5.41, 5.74) is -0.819. The lowest BCUT2D eigenvalue weighted by Crippen LogP contribution is -2.76. The first-order valence-electron chi connectivity index (χ1n) is 8.78. The first-order chi connectivity index (χ1) is 12.1. The number of carbonyl (C=O) groups excluding carboxylic acids is 2. The molecule has 2 saturated carbocycles. The summed E-state index contributed by atoms with van der Waals surface area (Å²) in [4.78, 5) is 29.5. The number of oxime groups is 1. The highest BCUT2D eigenvalue weighted by Gasteiger charge is 2.81. The van der Waals surface area contributed by atoms with Crippen LogP contribution in [-0.4, -0.2) is 65.0 Å². The van der Waals surface area contributed by atoms with Gasteiger partial charge in [0.05, 0.1) is 12.6 Å². The fourth-order valence-electron chi connectivity index (χ4n) is 5.41. The van der Waals surface area contributed by atoms with E-state index in [4.69, 9.17) is 9.57 Å². The van der Waals surface area contributed by atoms with Crippen LogP contribution in [0, 0.1) is 11.3 Å². The average Bonchev–Trinajstić information content (AvgIpc) is 3.13. The minimum atomic E-state index is -3.86. The summed E-state index contributed by atoms with van der Waals surface area (Å²) in [6.07, 6.45) is -1.21. The van der Waals surface area contributed by atoms with Crippen LogP contribution < -0.4 is 0 Å². The minimum absolute atomic E-state index is 0.0742. The van der Waals surface area contributed by atoms with E-state index in [0.717, 1.165) is 10.7 Å². The van der Waals surface area contributed by atoms with Crippen LogP contribution in [0.5, 0.6) is 0 Å². The van der Waals surface area contributed by atoms with Crippen molar-refractivity contribution in [2.24, 2.45) is 16.5 Å². The van der Waals surface area contributed by atoms with E-state index in [-0.39, 0.29) is 12.5 Å².